The van der Waals surface area contributed by atoms with Crippen molar-refractivity contribution in [2.75, 3.05) is 52.4 Å². The molecular weight excluding hydrogens is 243 g/mol. The lowest BCUT2D eigenvalue weighted by Gasteiger charge is -2.35. The van der Waals surface area contributed by atoms with Crippen LogP contribution in [0.2, 0.25) is 0 Å². The quantitative estimate of drug-likeness (QED) is 0.823. The monoisotopic (exact) mass is 265 g/mol. The molecule has 2 rings (SSSR count). The van der Waals surface area contributed by atoms with Crippen molar-refractivity contribution in [1.82, 2.24) is 15.1 Å². The number of nitrogens with one attached hydrogen (secondary N) is 1. The third-order valence-corrected chi connectivity index (χ3v) is 3.88. The fourth-order valence-electron chi connectivity index (χ4n) is 2.75. The van der Waals surface area contributed by atoms with E-state index in [-0.39, 0.29) is 0 Å². The number of halogens is 3. The number of alkyl halides is 3. The summed E-state index contributed by atoms with van der Waals surface area (Å²) in [6.07, 6.45) is -1.64. The maximum absolute atomic E-state index is 12.2. The van der Waals surface area contributed by atoms with Gasteiger partial charge in [-0.2, -0.15) is 13.2 Å². The number of hydrogen-bond donors (Lipinski definition) is 1. The molecule has 106 valence electrons. The minimum atomic E-state index is -4.06. The van der Waals surface area contributed by atoms with E-state index in [4.69, 9.17) is 0 Å². The molecule has 1 N–H and O–H groups in total. The van der Waals surface area contributed by atoms with Gasteiger partial charge in [0, 0.05) is 26.2 Å². The topological polar surface area (TPSA) is 18.5 Å². The Hall–Kier alpha value is -0.330. The van der Waals surface area contributed by atoms with Crippen molar-refractivity contribution in [2.24, 2.45) is 5.92 Å². The van der Waals surface area contributed by atoms with Crippen molar-refractivity contribution in [2.45, 2.75) is 19.0 Å². The first-order chi connectivity index (χ1) is 8.53. The minimum Gasteiger partial charge on any atom is -0.316 e. The van der Waals surface area contributed by atoms with Gasteiger partial charge in [-0.15, -0.1) is 0 Å². The van der Waals surface area contributed by atoms with Crippen LogP contribution in [0.3, 0.4) is 0 Å². The van der Waals surface area contributed by atoms with E-state index in [9.17, 15) is 13.2 Å². The van der Waals surface area contributed by atoms with Gasteiger partial charge in [-0.25, -0.2) is 0 Å². The molecule has 2 aliphatic rings. The number of hydrogen-bond acceptors (Lipinski definition) is 3. The number of nitrogens with zero attached hydrogens (tertiary/aromatic N) is 2. The number of rotatable bonds is 4. The van der Waals surface area contributed by atoms with Crippen molar-refractivity contribution in [3.8, 4) is 0 Å². The molecule has 2 heterocycles. The summed E-state index contributed by atoms with van der Waals surface area (Å²) in [7, 11) is 0. The first-order valence-electron chi connectivity index (χ1n) is 6.75. The molecule has 0 radical (unpaired) electrons. The van der Waals surface area contributed by atoms with E-state index < -0.39 is 12.7 Å². The predicted octanol–water partition coefficient (Wildman–Crippen LogP) is 1.17. The second kappa shape index (κ2) is 6.21. The molecule has 0 aromatic heterocycles. The van der Waals surface area contributed by atoms with Gasteiger partial charge in [-0.3, -0.25) is 4.90 Å². The van der Waals surface area contributed by atoms with Crippen LogP contribution in [0.5, 0.6) is 0 Å². The van der Waals surface area contributed by atoms with E-state index in [1.54, 1.807) is 0 Å². The lowest BCUT2D eigenvalue weighted by Crippen LogP contribution is -2.49. The summed E-state index contributed by atoms with van der Waals surface area (Å²) in [5.41, 5.74) is 0. The van der Waals surface area contributed by atoms with E-state index in [1.165, 1.54) is 17.7 Å². The Kier molecular flexibility index (Phi) is 4.86. The highest BCUT2D eigenvalue weighted by Gasteiger charge is 2.32. The van der Waals surface area contributed by atoms with E-state index in [0.29, 0.717) is 13.1 Å². The SMILES string of the molecule is FC(F)(F)CN1CCN(CCC2CCNC2)CC1. The van der Waals surface area contributed by atoms with E-state index in [2.05, 4.69) is 10.2 Å². The highest BCUT2D eigenvalue weighted by molar-refractivity contribution is 4.77. The fraction of sp³-hybridized carbons (Fsp3) is 1.00. The van der Waals surface area contributed by atoms with E-state index in [0.717, 1.165) is 38.6 Å². The second-order valence-corrected chi connectivity index (χ2v) is 5.38. The Balaban J connectivity index is 1.61. The predicted molar refractivity (Wildman–Crippen MR) is 64.5 cm³/mol. The molecule has 2 saturated heterocycles. The molecule has 3 nitrogen and oxygen atoms in total. The third-order valence-electron chi connectivity index (χ3n) is 3.88. The first-order valence-corrected chi connectivity index (χ1v) is 6.75. The zero-order chi connectivity index (χ0) is 13.0. The van der Waals surface area contributed by atoms with Crippen LogP contribution in [0.1, 0.15) is 12.8 Å². The van der Waals surface area contributed by atoms with Gasteiger partial charge < -0.3 is 10.2 Å². The standard InChI is InChI=1S/C12H22F3N3/c13-12(14,15)10-18-7-5-17(6-8-18)4-2-11-1-3-16-9-11/h11,16H,1-10H2. The van der Waals surface area contributed by atoms with Gasteiger partial charge in [0.25, 0.3) is 0 Å². The summed E-state index contributed by atoms with van der Waals surface area (Å²) >= 11 is 0. The van der Waals surface area contributed by atoms with Gasteiger partial charge in [0.1, 0.15) is 0 Å². The highest BCUT2D eigenvalue weighted by Crippen LogP contribution is 2.18. The third kappa shape index (κ3) is 4.74. The summed E-state index contributed by atoms with van der Waals surface area (Å²) in [5.74, 6) is 0.762. The Morgan fingerprint density at radius 1 is 1.06 bits per heavy atom. The fourth-order valence-corrected chi connectivity index (χ4v) is 2.75. The molecular formula is C12H22F3N3. The molecule has 0 amide bonds. The lowest BCUT2D eigenvalue weighted by molar-refractivity contribution is -0.149. The van der Waals surface area contributed by atoms with Crippen LogP contribution in [-0.2, 0) is 0 Å². The van der Waals surface area contributed by atoms with E-state index >= 15 is 0 Å². The van der Waals surface area contributed by atoms with Gasteiger partial charge in [-0.05, 0) is 38.4 Å². The highest BCUT2D eigenvalue weighted by atomic mass is 19.4. The summed E-state index contributed by atoms with van der Waals surface area (Å²) in [5, 5.41) is 3.34. The Morgan fingerprint density at radius 2 is 1.72 bits per heavy atom. The minimum absolute atomic E-state index is 0.544. The average Bonchev–Trinajstić information content (AvgIpc) is 2.79. The van der Waals surface area contributed by atoms with Crippen LogP contribution >= 0.6 is 0 Å². The molecule has 6 heteroatoms. The van der Waals surface area contributed by atoms with Crippen LogP contribution in [0.25, 0.3) is 0 Å². The normalized spacial score (nSPS) is 27.8. The van der Waals surface area contributed by atoms with Crippen LogP contribution in [0.4, 0.5) is 13.2 Å². The number of piperazine rings is 1. The Morgan fingerprint density at radius 3 is 2.28 bits per heavy atom. The van der Waals surface area contributed by atoms with Crippen LogP contribution in [-0.4, -0.2) is 68.3 Å². The molecule has 18 heavy (non-hydrogen) atoms. The zero-order valence-corrected chi connectivity index (χ0v) is 10.7. The second-order valence-electron chi connectivity index (χ2n) is 5.38. The average molecular weight is 265 g/mol. The first kappa shape index (κ1) is 14.1. The van der Waals surface area contributed by atoms with Crippen molar-refractivity contribution in [3.63, 3.8) is 0 Å². The van der Waals surface area contributed by atoms with Gasteiger partial charge in [0.2, 0.25) is 0 Å². The maximum Gasteiger partial charge on any atom is 0.401 e. The molecule has 0 saturated carbocycles. The summed E-state index contributed by atoms with van der Waals surface area (Å²) in [6.45, 7) is 5.13. The molecule has 0 aromatic rings. The van der Waals surface area contributed by atoms with Crippen LogP contribution in [0.15, 0.2) is 0 Å². The summed E-state index contributed by atoms with van der Waals surface area (Å²) < 4.78 is 36.7. The van der Waals surface area contributed by atoms with Crippen LogP contribution in [0, 0.1) is 5.92 Å². The molecule has 1 unspecified atom stereocenters. The Labute approximate surface area is 106 Å². The zero-order valence-electron chi connectivity index (χ0n) is 10.7. The molecule has 0 aliphatic carbocycles. The molecule has 0 bridgehead atoms. The molecule has 1 atom stereocenters. The molecule has 0 spiro atoms. The van der Waals surface area contributed by atoms with Gasteiger partial charge in [0.05, 0.1) is 6.54 Å². The smallest absolute Gasteiger partial charge is 0.316 e. The van der Waals surface area contributed by atoms with Crippen molar-refractivity contribution < 1.29 is 13.2 Å². The van der Waals surface area contributed by atoms with Gasteiger partial charge in [-0.1, -0.05) is 0 Å². The molecule has 0 aromatic carbocycles. The van der Waals surface area contributed by atoms with E-state index in [1.807, 2.05) is 0 Å². The van der Waals surface area contributed by atoms with Gasteiger partial charge in [0.15, 0.2) is 0 Å². The lowest BCUT2D eigenvalue weighted by atomic mass is 10.0. The van der Waals surface area contributed by atoms with Crippen LogP contribution < -0.4 is 5.32 Å². The van der Waals surface area contributed by atoms with Crippen molar-refractivity contribution in [3.05, 3.63) is 0 Å². The molecule has 2 aliphatic heterocycles. The summed E-state index contributed by atoms with van der Waals surface area (Å²) in [6, 6.07) is 0. The van der Waals surface area contributed by atoms with Gasteiger partial charge >= 0.3 is 6.18 Å². The van der Waals surface area contributed by atoms with Crippen molar-refractivity contribution in [1.29, 1.82) is 0 Å². The summed E-state index contributed by atoms with van der Waals surface area (Å²) in [4.78, 5) is 3.80. The molecule has 2 fully saturated rings. The largest absolute Gasteiger partial charge is 0.401 e. The van der Waals surface area contributed by atoms with Crippen molar-refractivity contribution >= 4 is 0 Å². The Bertz CT molecular complexity index is 243. The maximum atomic E-state index is 12.2.